The molecular weight excluding hydrogens is 207 g/mol. The molecule has 0 nitrogen and oxygen atoms in total. The molecular formula is C9H12BrF. The summed E-state index contributed by atoms with van der Waals surface area (Å²) < 4.78 is 12.4. The quantitative estimate of drug-likeness (QED) is 0.469. The number of rotatable bonds is 1. The molecule has 0 bridgehead atoms. The molecule has 0 N–H and O–H groups in total. The van der Waals surface area contributed by atoms with Crippen LogP contribution in [0.1, 0.15) is 20.8 Å². The Bertz CT molecular complexity index is 200. The fraction of sp³-hybridized carbons (Fsp3) is 0.556. The van der Waals surface area contributed by atoms with Crippen LogP contribution in [0.2, 0.25) is 0 Å². The van der Waals surface area contributed by atoms with Gasteiger partial charge in [0.05, 0.1) is 5.33 Å². The molecule has 0 fully saturated rings. The van der Waals surface area contributed by atoms with Gasteiger partial charge < -0.3 is 0 Å². The van der Waals surface area contributed by atoms with Crippen molar-refractivity contribution in [3.63, 3.8) is 0 Å². The van der Waals surface area contributed by atoms with E-state index in [1.54, 1.807) is 0 Å². The van der Waals surface area contributed by atoms with Crippen LogP contribution >= 0.6 is 15.9 Å². The summed E-state index contributed by atoms with van der Waals surface area (Å²) in [4.78, 5) is 0. The topological polar surface area (TPSA) is 0 Å². The lowest BCUT2D eigenvalue weighted by Crippen LogP contribution is -1.98. The van der Waals surface area contributed by atoms with E-state index >= 15 is 0 Å². The van der Waals surface area contributed by atoms with Crippen LogP contribution < -0.4 is 0 Å². The van der Waals surface area contributed by atoms with Crippen LogP contribution in [0, 0.1) is 17.3 Å². The Kier molecular flexibility index (Phi) is 4.44. The molecule has 0 aromatic rings. The van der Waals surface area contributed by atoms with Gasteiger partial charge in [-0.25, -0.2) is 4.39 Å². The highest BCUT2D eigenvalue weighted by atomic mass is 79.9. The van der Waals surface area contributed by atoms with Crippen LogP contribution in [-0.2, 0) is 0 Å². The van der Waals surface area contributed by atoms with E-state index in [2.05, 4.69) is 27.8 Å². The van der Waals surface area contributed by atoms with Crippen molar-refractivity contribution in [1.82, 2.24) is 0 Å². The monoisotopic (exact) mass is 218 g/mol. The summed E-state index contributed by atoms with van der Waals surface area (Å²) in [7, 11) is 0. The molecule has 0 aromatic heterocycles. The lowest BCUT2D eigenvalue weighted by atomic mass is 9.98. The van der Waals surface area contributed by atoms with Crippen LogP contribution in [0.3, 0.4) is 0 Å². The number of hydrogen-bond acceptors (Lipinski definition) is 0. The summed E-state index contributed by atoms with van der Waals surface area (Å²) in [6.07, 6.45) is 1.29. The minimum absolute atomic E-state index is 0.0525. The van der Waals surface area contributed by atoms with E-state index in [9.17, 15) is 4.39 Å². The third-order valence-corrected chi connectivity index (χ3v) is 1.34. The molecule has 0 aliphatic carbocycles. The molecule has 2 heteroatoms. The summed E-state index contributed by atoms with van der Waals surface area (Å²) in [6, 6.07) is 0. The molecule has 0 heterocycles. The van der Waals surface area contributed by atoms with Crippen molar-refractivity contribution in [3.05, 3.63) is 11.9 Å². The van der Waals surface area contributed by atoms with Crippen LogP contribution in [0.4, 0.5) is 4.39 Å². The average Bonchev–Trinajstić information content (AvgIpc) is 1.85. The lowest BCUT2D eigenvalue weighted by Gasteiger charge is -2.05. The Morgan fingerprint density at radius 1 is 1.55 bits per heavy atom. The fourth-order valence-electron chi connectivity index (χ4n) is 0.369. The van der Waals surface area contributed by atoms with Gasteiger partial charge in [-0.15, -0.1) is 0 Å². The van der Waals surface area contributed by atoms with Gasteiger partial charge in [0.15, 0.2) is 0 Å². The zero-order chi connectivity index (χ0) is 8.91. The Balaban J connectivity index is 4.11. The van der Waals surface area contributed by atoms with E-state index in [4.69, 9.17) is 0 Å². The van der Waals surface area contributed by atoms with Gasteiger partial charge in [0, 0.05) is 11.5 Å². The smallest absolute Gasteiger partial charge is 0.119 e. The zero-order valence-electron chi connectivity index (χ0n) is 7.04. The van der Waals surface area contributed by atoms with Crippen LogP contribution in [0.15, 0.2) is 11.9 Å². The summed E-state index contributed by atoms with van der Waals surface area (Å²) in [5.41, 5.74) is -0.0525. The number of alkyl halides is 1. The van der Waals surface area contributed by atoms with E-state index in [0.717, 1.165) is 0 Å². The summed E-state index contributed by atoms with van der Waals surface area (Å²) in [5, 5.41) is 0.242. The highest BCUT2D eigenvalue weighted by Gasteiger charge is 2.02. The second kappa shape index (κ2) is 4.56. The van der Waals surface area contributed by atoms with E-state index in [-0.39, 0.29) is 16.6 Å². The number of allylic oxidation sites excluding steroid dienone is 2. The predicted molar refractivity (Wildman–Crippen MR) is 50.2 cm³/mol. The van der Waals surface area contributed by atoms with Crippen molar-refractivity contribution in [2.45, 2.75) is 20.8 Å². The molecule has 0 saturated carbocycles. The minimum Gasteiger partial charge on any atom is -0.210 e. The van der Waals surface area contributed by atoms with Crippen molar-refractivity contribution < 1.29 is 4.39 Å². The molecule has 0 saturated heterocycles. The maximum absolute atomic E-state index is 12.4. The second-order valence-corrected chi connectivity index (χ2v) is 3.80. The normalized spacial score (nSPS) is 12.3. The molecule has 0 spiro atoms. The summed E-state index contributed by atoms with van der Waals surface area (Å²) in [5.74, 6) is 5.32. The first-order valence-corrected chi connectivity index (χ1v) is 4.51. The van der Waals surface area contributed by atoms with Gasteiger partial charge in [0.1, 0.15) is 5.83 Å². The van der Waals surface area contributed by atoms with E-state index in [1.165, 1.54) is 6.08 Å². The van der Waals surface area contributed by atoms with Crippen molar-refractivity contribution >= 4 is 15.9 Å². The predicted octanol–water partition coefficient (Wildman–Crippen LogP) is 3.28. The largest absolute Gasteiger partial charge is 0.210 e. The highest BCUT2D eigenvalue weighted by Crippen LogP contribution is 2.10. The Morgan fingerprint density at radius 3 is 2.45 bits per heavy atom. The maximum atomic E-state index is 12.4. The first kappa shape index (κ1) is 10.7. The number of hydrogen-bond donors (Lipinski definition) is 0. The van der Waals surface area contributed by atoms with E-state index in [1.807, 2.05) is 20.8 Å². The molecule has 0 rings (SSSR count). The third-order valence-electron chi connectivity index (χ3n) is 0.804. The zero-order valence-corrected chi connectivity index (χ0v) is 8.63. The molecule has 0 aliphatic heterocycles. The first-order valence-electron chi connectivity index (χ1n) is 3.39. The summed E-state index contributed by atoms with van der Waals surface area (Å²) in [6.45, 7) is 5.96. The molecule has 0 atom stereocenters. The van der Waals surface area contributed by atoms with E-state index in [0.29, 0.717) is 0 Å². The number of halogens is 2. The molecule has 62 valence electrons. The molecule has 0 aliphatic rings. The molecule has 0 radical (unpaired) electrons. The van der Waals surface area contributed by atoms with Crippen LogP contribution in [0.5, 0.6) is 0 Å². The minimum atomic E-state index is -0.234. The molecule has 0 amide bonds. The van der Waals surface area contributed by atoms with Crippen LogP contribution in [-0.4, -0.2) is 5.33 Å². The average molecular weight is 219 g/mol. The van der Waals surface area contributed by atoms with Gasteiger partial charge in [0.25, 0.3) is 0 Å². The van der Waals surface area contributed by atoms with Crippen molar-refractivity contribution in [2.75, 3.05) is 5.33 Å². The van der Waals surface area contributed by atoms with E-state index < -0.39 is 0 Å². The molecule has 0 aromatic carbocycles. The van der Waals surface area contributed by atoms with Crippen molar-refractivity contribution in [3.8, 4) is 11.8 Å². The third kappa shape index (κ3) is 7.61. The standard InChI is InChI=1S/C9H12BrF/c1-9(2,3)6-4-5-8(11)7-10/h5H,7H2,1-3H3/b8-5-. The van der Waals surface area contributed by atoms with Gasteiger partial charge in [-0.3, -0.25) is 0 Å². The van der Waals surface area contributed by atoms with Gasteiger partial charge in [0.2, 0.25) is 0 Å². The van der Waals surface area contributed by atoms with Gasteiger partial charge >= 0.3 is 0 Å². The van der Waals surface area contributed by atoms with Gasteiger partial charge in [-0.05, 0) is 20.8 Å². The second-order valence-electron chi connectivity index (χ2n) is 3.24. The first-order chi connectivity index (χ1) is 4.95. The van der Waals surface area contributed by atoms with Crippen LogP contribution in [0.25, 0.3) is 0 Å². The summed E-state index contributed by atoms with van der Waals surface area (Å²) >= 11 is 2.98. The van der Waals surface area contributed by atoms with Crippen molar-refractivity contribution in [1.29, 1.82) is 0 Å². The highest BCUT2D eigenvalue weighted by molar-refractivity contribution is 9.09. The lowest BCUT2D eigenvalue weighted by molar-refractivity contribution is 0.571. The Morgan fingerprint density at radius 2 is 2.09 bits per heavy atom. The SMILES string of the molecule is CC(C)(C)C#C/C=C(\F)CBr. The van der Waals surface area contributed by atoms with Crippen molar-refractivity contribution in [2.24, 2.45) is 5.41 Å². The Hall–Kier alpha value is -0.290. The van der Waals surface area contributed by atoms with Gasteiger partial charge in [-0.1, -0.05) is 27.8 Å². The molecule has 0 unspecified atom stereocenters. The maximum Gasteiger partial charge on any atom is 0.119 e. The molecule has 11 heavy (non-hydrogen) atoms. The Labute approximate surface area is 76.0 Å². The fourth-order valence-corrected chi connectivity index (χ4v) is 0.531. The van der Waals surface area contributed by atoms with Gasteiger partial charge in [-0.2, -0.15) is 0 Å².